The highest BCUT2D eigenvalue weighted by molar-refractivity contribution is 5.78. The Morgan fingerprint density at radius 3 is 1.35 bits per heavy atom. The van der Waals surface area contributed by atoms with E-state index in [1.807, 2.05) is 0 Å². The van der Waals surface area contributed by atoms with Crippen molar-refractivity contribution in [2.24, 2.45) is 0 Å². The summed E-state index contributed by atoms with van der Waals surface area (Å²) in [4.78, 5) is 0. The van der Waals surface area contributed by atoms with Crippen molar-refractivity contribution in [2.45, 2.75) is 60.5 Å². The summed E-state index contributed by atoms with van der Waals surface area (Å²) < 4.78 is 231. The first-order valence-corrected chi connectivity index (χ1v) is 11.4. The van der Waals surface area contributed by atoms with Crippen LogP contribution < -0.4 is 4.74 Å². The normalized spacial score (nSPS) is 14.5. The molecule has 2 aromatic rings. The van der Waals surface area contributed by atoms with Crippen molar-refractivity contribution in [1.82, 2.24) is 0 Å². The summed E-state index contributed by atoms with van der Waals surface area (Å²) >= 11 is 0. The molecule has 0 heterocycles. The number of ether oxygens (including phenoxy) is 1. The molecule has 2 rings (SSSR count). The lowest BCUT2D eigenvalue weighted by molar-refractivity contribution is -0.461. The van der Waals surface area contributed by atoms with Crippen LogP contribution in [-0.2, 0) is 0 Å². The molecule has 242 valence electrons. The molecule has 0 aliphatic heterocycles. The van der Waals surface area contributed by atoms with Gasteiger partial charge in [-0.05, 0) is 35.3 Å². The van der Waals surface area contributed by atoms with Gasteiger partial charge in [-0.25, -0.2) is 0 Å². The average Bonchev–Trinajstić information content (AvgIpc) is 2.90. The molecule has 0 spiro atoms. The maximum absolute atomic E-state index is 14.0. The van der Waals surface area contributed by atoms with Crippen LogP contribution in [0.15, 0.2) is 61.2 Å². The summed E-state index contributed by atoms with van der Waals surface area (Å²) in [5.41, 5.74) is 1.76. The Balaban J connectivity index is 2.17. The molecule has 0 aliphatic rings. The van der Waals surface area contributed by atoms with Gasteiger partial charge in [0.2, 0.25) is 0 Å². The van der Waals surface area contributed by atoms with Crippen LogP contribution in [0, 0.1) is 0 Å². The maximum atomic E-state index is 14.0. The highest BCUT2D eigenvalue weighted by Gasteiger charge is 2.95. The zero-order valence-electron chi connectivity index (χ0n) is 20.9. The zero-order chi connectivity index (χ0) is 33.5. The second kappa shape index (κ2) is 11.4. The summed E-state index contributed by atoms with van der Waals surface area (Å²) in [6.45, 7) is 2.84. The Hall–Kier alpha value is -3.21. The summed E-state index contributed by atoms with van der Waals surface area (Å²) in [6, 6.07) is 13.9. The van der Waals surface area contributed by atoms with Gasteiger partial charge in [0.25, 0.3) is 0 Å². The molecule has 0 bridgehead atoms. The third-order valence-corrected chi connectivity index (χ3v) is 6.02. The van der Waals surface area contributed by atoms with Crippen LogP contribution >= 0.6 is 0 Å². The summed E-state index contributed by atoms with van der Waals surface area (Å²) in [6.07, 6.45) is -11.7. The fourth-order valence-corrected chi connectivity index (χ4v) is 3.40. The molecule has 0 radical (unpaired) electrons. The Morgan fingerprint density at radius 2 is 0.907 bits per heavy atom. The van der Waals surface area contributed by atoms with Crippen LogP contribution in [0.25, 0.3) is 5.57 Å². The molecule has 2 aromatic carbocycles. The Labute approximate surface area is 230 Å². The van der Waals surface area contributed by atoms with Crippen LogP contribution in [0.5, 0.6) is 5.75 Å². The predicted octanol–water partition coefficient (Wildman–Crippen LogP) is 9.92. The van der Waals surface area contributed by atoms with Gasteiger partial charge in [-0.1, -0.05) is 49.0 Å². The van der Waals surface area contributed by atoms with E-state index >= 15 is 0 Å². The van der Waals surface area contributed by atoms with Gasteiger partial charge < -0.3 is 4.74 Å². The summed E-state index contributed by atoms with van der Waals surface area (Å²) in [7, 11) is 0. The van der Waals surface area contributed by atoms with Crippen LogP contribution in [0.2, 0.25) is 0 Å². The maximum Gasteiger partial charge on any atom is 0.460 e. The number of benzene rings is 2. The molecule has 0 fully saturated rings. The topological polar surface area (TPSA) is 9.23 Å². The van der Waals surface area contributed by atoms with Gasteiger partial charge >= 0.3 is 47.6 Å². The number of hydrogen-bond acceptors (Lipinski definition) is 1. The van der Waals surface area contributed by atoms with Crippen molar-refractivity contribution in [2.75, 3.05) is 6.61 Å². The number of alkyl halides is 17. The number of rotatable bonds is 13. The Bertz CT molecular complexity index is 1250. The third-order valence-electron chi connectivity index (χ3n) is 6.02. The SMILES string of the molecule is C=C(c1ccccc1)c1ccc(OCCCC(F)(F)C(F)(F)C(F)(F)C(F)(F)C(F)(F)C(F)(F)C(F)(F)C(F)(F)F)cc1. The fraction of sp³-hybridized carbons (Fsp3) is 0.440. The third kappa shape index (κ3) is 5.97. The van der Waals surface area contributed by atoms with Gasteiger partial charge in [-0.2, -0.15) is 74.6 Å². The van der Waals surface area contributed by atoms with Crippen LogP contribution in [0.4, 0.5) is 74.6 Å². The fourth-order valence-electron chi connectivity index (χ4n) is 3.40. The molecule has 1 nitrogen and oxygen atoms in total. The van der Waals surface area contributed by atoms with E-state index in [-0.39, 0.29) is 5.75 Å². The highest BCUT2D eigenvalue weighted by atomic mass is 19.4. The van der Waals surface area contributed by atoms with Gasteiger partial charge in [-0.3, -0.25) is 0 Å². The molecule has 0 amide bonds. The van der Waals surface area contributed by atoms with Gasteiger partial charge in [0.1, 0.15) is 5.75 Å². The van der Waals surface area contributed by atoms with Crippen LogP contribution in [-0.4, -0.2) is 54.2 Å². The molecule has 43 heavy (non-hydrogen) atoms. The molecule has 0 aliphatic carbocycles. The Kier molecular flexibility index (Phi) is 9.52. The first-order chi connectivity index (χ1) is 19.2. The lowest BCUT2D eigenvalue weighted by Crippen LogP contribution is -2.74. The summed E-state index contributed by atoms with van der Waals surface area (Å²) in [5.74, 6) is -56.4. The monoisotopic (exact) mass is 656 g/mol. The van der Waals surface area contributed by atoms with E-state index in [0.717, 1.165) is 0 Å². The minimum atomic E-state index is -8.64. The molecule has 18 heteroatoms. The van der Waals surface area contributed by atoms with E-state index in [0.29, 0.717) is 16.7 Å². The van der Waals surface area contributed by atoms with Crippen molar-refractivity contribution in [1.29, 1.82) is 0 Å². The summed E-state index contributed by atoms with van der Waals surface area (Å²) in [5, 5.41) is 0. The molecule has 0 N–H and O–H groups in total. The van der Waals surface area contributed by atoms with E-state index in [9.17, 15) is 74.6 Å². The molecule has 0 saturated carbocycles. The van der Waals surface area contributed by atoms with E-state index in [1.54, 1.807) is 30.3 Å². The van der Waals surface area contributed by atoms with Crippen molar-refractivity contribution in [3.63, 3.8) is 0 Å². The Morgan fingerprint density at radius 1 is 0.512 bits per heavy atom. The van der Waals surface area contributed by atoms with Gasteiger partial charge in [0.05, 0.1) is 6.61 Å². The smallest absolute Gasteiger partial charge is 0.460 e. The van der Waals surface area contributed by atoms with E-state index in [1.165, 1.54) is 24.3 Å². The van der Waals surface area contributed by atoms with Crippen molar-refractivity contribution in [3.8, 4) is 5.75 Å². The predicted molar refractivity (Wildman–Crippen MR) is 116 cm³/mol. The zero-order valence-corrected chi connectivity index (χ0v) is 20.9. The second-order valence-corrected chi connectivity index (χ2v) is 8.97. The lowest BCUT2D eigenvalue weighted by Gasteiger charge is -2.42. The minimum Gasteiger partial charge on any atom is -0.494 e. The molecule has 0 aromatic heterocycles. The lowest BCUT2D eigenvalue weighted by atomic mass is 9.88. The van der Waals surface area contributed by atoms with Gasteiger partial charge in [0, 0.05) is 6.42 Å². The molecular formula is C25H17F17O. The molecule has 0 saturated heterocycles. The van der Waals surface area contributed by atoms with E-state index in [4.69, 9.17) is 4.74 Å². The quantitative estimate of drug-likeness (QED) is 0.154. The van der Waals surface area contributed by atoms with Crippen molar-refractivity contribution < 1.29 is 79.4 Å². The molecular weight excluding hydrogens is 639 g/mol. The highest BCUT2D eigenvalue weighted by Crippen LogP contribution is 2.64. The standard InChI is InChI=1S/C25H17F17O/c1-14(15-6-3-2-4-7-15)16-8-10-17(11-9-16)43-13-5-12-18(26,27)19(28,29)20(30,31)21(32,33)22(34,35)23(36,37)24(38,39)25(40,41)42/h2-4,6-11H,1,5,12-13H2. The number of hydrogen-bond donors (Lipinski definition) is 0. The van der Waals surface area contributed by atoms with E-state index < -0.39 is 67.1 Å². The van der Waals surface area contributed by atoms with Crippen LogP contribution in [0.3, 0.4) is 0 Å². The van der Waals surface area contributed by atoms with Crippen molar-refractivity contribution in [3.05, 3.63) is 72.3 Å². The number of halogens is 17. The average molecular weight is 656 g/mol. The van der Waals surface area contributed by atoms with Crippen LogP contribution in [0.1, 0.15) is 24.0 Å². The molecule has 0 unspecified atom stereocenters. The second-order valence-electron chi connectivity index (χ2n) is 8.97. The first-order valence-electron chi connectivity index (χ1n) is 11.4. The van der Waals surface area contributed by atoms with E-state index in [2.05, 4.69) is 6.58 Å². The van der Waals surface area contributed by atoms with Crippen molar-refractivity contribution >= 4 is 5.57 Å². The molecule has 0 atom stereocenters. The first kappa shape index (κ1) is 36.0. The van der Waals surface area contributed by atoms with Gasteiger partial charge in [-0.15, -0.1) is 0 Å². The van der Waals surface area contributed by atoms with Gasteiger partial charge in [0.15, 0.2) is 0 Å². The largest absolute Gasteiger partial charge is 0.494 e. The minimum absolute atomic E-state index is 0.121.